The highest BCUT2D eigenvalue weighted by Gasteiger charge is 2.31. The van der Waals surface area contributed by atoms with Gasteiger partial charge in [-0.3, -0.25) is 0 Å². The van der Waals surface area contributed by atoms with Crippen LogP contribution in [0.4, 0.5) is 0 Å². The Labute approximate surface area is 70.7 Å². The Morgan fingerprint density at radius 1 is 1.36 bits per heavy atom. The van der Waals surface area contributed by atoms with E-state index in [1.807, 2.05) is 6.08 Å². The lowest BCUT2D eigenvalue weighted by Crippen LogP contribution is -1.81. The summed E-state index contributed by atoms with van der Waals surface area (Å²) in [6.07, 6.45) is 10.4. The Hall–Kier alpha value is -0.260. The molecule has 0 nitrogen and oxygen atoms in total. The summed E-state index contributed by atoms with van der Waals surface area (Å²) < 4.78 is 0. The van der Waals surface area contributed by atoms with Crippen molar-refractivity contribution in [2.24, 2.45) is 11.8 Å². The summed E-state index contributed by atoms with van der Waals surface area (Å²) in [5.41, 5.74) is 0. The van der Waals surface area contributed by atoms with Gasteiger partial charge in [0.15, 0.2) is 0 Å². The first-order valence-electron chi connectivity index (χ1n) is 4.95. The van der Waals surface area contributed by atoms with E-state index in [2.05, 4.69) is 13.5 Å². The largest absolute Gasteiger partial charge is 0.103 e. The minimum atomic E-state index is 1.05. The van der Waals surface area contributed by atoms with E-state index < -0.39 is 0 Å². The molecule has 0 amide bonds. The normalized spacial score (nSPS) is 28.5. The van der Waals surface area contributed by atoms with Crippen LogP contribution >= 0.6 is 0 Å². The lowest BCUT2D eigenvalue weighted by atomic mass is 10.1. The lowest BCUT2D eigenvalue weighted by molar-refractivity contribution is 0.584. The molecule has 2 atom stereocenters. The third-order valence-corrected chi connectivity index (χ3v) is 2.76. The summed E-state index contributed by atoms with van der Waals surface area (Å²) in [6.45, 7) is 6.09. The molecule has 0 bridgehead atoms. The summed E-state index contributed by atoms with van der Waals surface area (Å²) in [5, 5.41) is 0. The van der Waals surface area contributed by atoms with Crippen molar-refractivity contribution in [1.82, 2.24) is 0 Å². The van der Waals surface area contributed by atoms with Gasteiger partial charge in [-0.25, -0.2) is 0 Å². The van der Waals surface area contributed by atoms with Crippen molar-refractivity contribution in [3.63, 3.8) is 0 Å². The Kier molecular flexibility index (Phi) is 3.68. The van der Waals surface area contributed by atoms with E-state index in [-0.39, 0.29) is 0 Å². The first-order chi connectivity index (χ1) is 5.34. The van der Waals surface area contributed by atoms with Gasteiger partial charge < -0.3 is 0 Å². The van der Waals surface area contributed by atoms with Crippen molar-refractivity contribution >= 4 is 0 Å². The minimum Gasteiger partial charge on any atom is -0.103 e. The first-order valence-corrected chi connectivity index (χ1v) is 4.95. The molecule has 2 unspecified atom stereocenters. The highest BCUT2D eigenvalue weighted by atomic mass is 14.4. The van der Waals surface area contributed by atoms with Crippen LogP contribution in [0.1, 0.15) is 45.4 Å². The zero-order valence-corrected chi connectivity index (χ0v) is 7.68. The Morgan fingerprint density at radius 2 is 2.09 bits per heavy atom. The van der Waals surface area contributed by atoms with Crippen molar-refractivity contribution in [2.75, 3.05) is 0 Å². The molecular weight excluding hydrogens is 132 g/mol. The van der Waals surface area contributed by atoms with Gasteiger partial charge >= 0.3 is 0 Å². The van der Waals surface area contributed by atoms with E-state index in [0.717, 1.165) is 11.8 Å². The maximum Gasteiger partial charge on any atom is -0.0353 e. The standard InChI is InChI=1S/C11H20/c1-3-4-5-6-7-8-11-9-10(11)2/h3,10-11H,1,4-9H2,2H3. The van der Waals surface area contributed by atoms with E-state index in [1.54, 1.807) is 0 Å². The number of unbranched alkanes of at least 4 members (excludes halogenated alkanes) is 3. The molecule has 0 N–H and O–H groups in total. The van der Waals surface area contributed by atoms with Gasteiger partial charge in [-0.05, 0) is 31.1 Å². The van der Waals surface area contributed by atoms with Gasteiger partial charge in [0.2, 0.25) is 0 Å². The Bertz CT molecular complexity index is 115. The molecule has 0 aromatic heterocycles. The van der Waals surface area contributed by atoms with Crippen LogP contribution in [0.2, 0.25) is 0 Å². The predicted molar refractivity (Wildman–Crippen MR) is 50.6 cm³/mol. The molecule has 0 spiro atoms. The summed E-state index contributed by atoms with van der Waals surface area (Å²) in [5.74, 6) is 2.15. The predicted octanol–water partition coefficient (Wildman–Crippen LogP) is 3.78. The van der Waals surface area contributed by atoms with Crippen LogP contribution in [0.5, 0.6) is 0 Å². The fourth-order valence-electron chi connectivity index (χ4n) is 1.67. The summed E-state index contributed by atoms with van der Waals surface area (Å²) in [6, 6.07) is 0. The highest BCUT2D eigenvalue weighted by molar-refractivity contribution is 4.81. The topological polar surface area (TPSA) is 0 Å². The number of hydrogen-bond acceptors (Lipinski definition) is 0. The fourth-order valence-corrected chi connectivity index (χ4v) is 1.67. The van der Waals surface area contributed by atoms with Gasteiger partial charge in [-0.15, -0.1) is 6.58 Å². The van der Waals surface area contributed by atoms with Gasteiger partial charge in [-0.1, -0.05) is 32.3 Å². The van der Waals surface area contributed by atoms with Crippen molar-refractivity contribution in [1.29, 1.82) is 0 Å². The molecule has 11 heavy (non-hydrogen) atoms. The van der Waals surface area contributed by atoms with E-state index >= 15 is 0 Å². The van der Waals surface area contributed by atoms with Gasteiger partial charge in [0, 0.05) is 0 Å². The zero-order valence-electron chi connectivity index (χ0n) is 7.68. The second-order valence-electron chi connectivity index (χ2n) is 3.90. The third-order valence-electron chi connectivity index (χ3n) is 2.76. The van der Waals surface area contributed by atoms with Gasteiger partial charge in [0.05, 0.1) is 0 Å². The molecule has 64 valence electrons. The van der Waals surface area contributed by atoms with Gasteiger partial charge in [0.1, 0.15) is 0 Å². The minimum absolute atomic E-state index is 1.05. The monoisotopic (exact) mass is 152 g/mol. The molecule has 1 fully saturated rings. The molecule has 0 heteroatoms. The molecule has 0 saturated heterocycles. The SMILES string of the molecule is C=CCCCCCC1CC1C. The van der Waals surface area contributed by atoms with E-state index in [1.165, 1.54) is 38.5 Å². The number of hydrogen-bond donors (Lipinski definition) is 0. The highest BCUT2D eigenvalue weighted by Crippen LogP contribution is 2.41. The third kappa shape index (κ3) is 3.60. The van der Waals surface area contributed by atoms with Crippen LogP contribution in [0.3, 0.4) is 0 Å². The van der Waals surface area contributed by atoms with Gasteiger partial charge in [0.25, 0.3) is 0 Å². The molecule has 1 rings (SSSR count). The molecule has 0 aromatic carbocycles. The lowest BCUT2D eigenvalue weighted by Gasteiger charge is -1.97. The molecule has 0 aromatic rings. The van der Waals surface area contributed by atoms with E-state index in [4.69, 9.17) is 0 Å². The second kappa shape index (κ2) is 4.58. The van der Waals surface area contributed by atoms with Gasteiger partial charge in [-0.2, -0.15) is 0 Å². The zero-order chi connectivity index (χ0) is 8.10. The number of allylic oxidation sites excluding steroid dienone is 1. The van der Waals surface area contributed by atoms with Crippen LogP contribution < -0.4 is 0 Å². The maximum atomic E-state index is 3.72. The molecule has 0 aliphatic heterocycles. The summed E-state index contributed by atoms with van der Waals surface area (Å²) in [7, 11) is 0. The average Bonchev–Trinajstić information content (AvgIpc) is 2.67. The van der Waals surface area contributed by atoms with Crippen LogP contribution in [0, 0.1) is 11.8 Å². The second-order valence-corrected chi connectivity index (χ2v) is 3.90. The molecule has 1 aliphatic carbocycles. The average molecular weight is 152 g/mol. The van der Waals surface area contributed by atoms with Crippen LogP contribution in [-0.4, -0.2) is 0 Å². The summed E-state index contributed by atoms with van der Waals surface area (Å²) in [4.78, 5) is 0. The number of rotatable bonds is 6. The molecule has 0 radical (unpaired) electrons. The Balaban J connectivity index is 1.78. The van der Waals surface area contributed by atoms with E-state index in [9.17, 15) is 0 Å². The molecule has 1 aliphatic rings. The van der Waals surface area contributed by atoms with Crippen molar-refractivity contribution in [3.05, 3.63) is 12.7 Å². The van der Waals surface area contributed by atoms with Crippen molar-refractivity contribution < 1.29 is 0 Å². The maximum absolute atomic E-state index is 3.72. The van der Waals surface area contributed by atoms with Crippen LogP contribution in [0.25, 0.3) is 0 Å². The molecule has 1 saturated carbocycles. The molecule has 0 heterocycles. The van der Waals surface area contributed by atoms with Crippen molar-refractivity contribution in [2.45, 2.75) is 45.4 Å². The van der Waals surface area contributed by atoms with Crippen molar-refractivity contribution in [3.8, 4) is 0 Å². The van der Waals surface area contributed by atoms with E-state index in [0.29, 0.717) is 0 Å². The smallest absolute Gasteiger partial charge is 0.0353 e. The Morgan fingerprint density at radius 3 is 2.64 bits per heavy atom. The van der Waals surface area contributed by atoms with Crippen LogP contribution in [-0.2, 0) is 0 Å². The quantitative estimate of drug-likeness (QED) is 0.401. The van der Waals surface area contributed by atoms with Crippen LogP contribution in [0.15, 0.2) is 12.7 Å². The molecular formula is C11H20. The fraction of sp³-hybridized carbons (Fsp3) is 0.818. The first kappa shape index (κ1) is 8.83. The summed E-state index contributed by atoms with van der Waals surface area (Å²) >= 11 is 0.